The molecule has 6 heteroatoms. The molecule has 3 rings (SSSR count). The van der Waals surface area contributed by atoms with Crippen molar-refractivity contribution < 1.29 is 18.9 Å². The SMILES string of the molecule is COc1cc2ccnc(-c3cccc(OC)c3OC)c2cc1OC.Cl. The van der Waals surface area contributed by atoms with Crippen molar-refractivity contribution in [3.63, 3.8) is 0 Å². The van der Waals surface area contributed by atoms with Crippen LogP contribution in [0.25, 0.3) is 22.0 Å². The summed E-state index contributed by atoms with van der Waals surface area (Å²) in [7, 11) is 6.48. The monoisotopic (exact) mass is 361 g/mol. The highest BCUT2D eigenvalue weighted by Gasteiger charge is 2.16. The van der Waals surface area contributed by atoms with E-state index < -0.39 is 0 Å². The molecule has 0 saturated heterocycles. The average Bonchev–Trinajstić information content (AvgIpc) is 2.65. The molecule has 0 N–H and O–H groups in total. The molecule has 0 aliphatic heterocycles. The maximum Gasteiger partial charge on any atom is 0.170 e. The van der Waals surface area contributed by atoms with E-state index in [0.29, 0.717) is 23.0 Å². The van der Waals surface area contributed by atoms with Gasteiger partial charge in [-0.25, -0.2) is 0 Å². The number of aromatic nitrogens is 1. The van der Waals surface area contributed by atoms with Gasteiger partial charge >= 0.3 is 0 Å². The first-order chi connectivity index (χ1) is 11.7. The number of methoxy groups -OCH3 is 4. The number of para-hydroxylation sites is 1. The summed E-state index contributed by atoms with van der Waals surface area (Å²) < 4.78 is 21.8. The molecule has 0 bridgehead atoms. The summed E-state index contributed by atoms with van der Waals surface area (Å²) in [5, 5.41) is 1.95. The molecule has 5 nitrogen and oxygen atoms in total. The highest BCUT2D eigenvalue weighted by molar-refractivity contribution is 5.98. The van der Waals surface area contributed by atoms with Crippen LogP contribution in [0.15, 0.2) is 42.6 Å². The van der Waals surface area contributed by atoms with Gasteiger partial charge < -0.3 is 18.9 Å². The molecule has 0 spiro atoms. The molecule has 0 fully saturated rings. The van der Waals surface area contributed by atoms with Crippen LogP contribution in [0.3, 0.4) is 0 Å². The summed E-state index contributed by atoms with van der Waals surface area (Å²) >= 11 is 0. The first-order valence-corrected chi connectivity index (χ1v) is 7.45. The molecule has 1 heterocycles. The molecule has 0 radical (unpaired) electrons. The molecular formula is C19H20ClNO4. The number of halogens is 1. The van der Waals surface area contributed by atoms with Crippen LogP contribution >= 0.6 is 12.4 Å². The summed E-state index contributed by atoms with van der Waals surface area (Å²) in [6, 6.07) is 11.5. The van der Waals surface area contributed by atoms with Crippen LogP contribution in [0.5, 0.6) is 23.0 Å². The topological polar surface area (TPSA) is 49.8 Å². The van der Waals surface area contributed by atoms with Crippen LogP contribution in [0.1, 0.15) is 0 Å². The van der Waals surface area contributed by atoms with E-state index in [0.717, 1.165) is 22.0 Å². The highest BCUT2D eigenvalue weighted by Crippen LogP contribution is 2.41. The van der Waals surface area contributed by atoms with E-state index >= 15 is 0 Å². The van der Waals surface area contributed by atoms with Crippen LogP contribution in [0.4, 0.5) is 0 Å². The minimum absolute atomic E-state index is 0. The molecule has 0 aliphatic carbocycles. The Hall–Kier alpha value is -2.66. The number of hydrogen-bond acceptors (Lipinski definition) is 5. The Bertz CT molecular complexity index is 883. The second kappa shape index (κ2) is 7.94. The molecule has 0 saturated carbocycles. The lowest BCUT2D eigenvalue weighted by atomic mass is 10.0. The van der Waals surface area contributed by atoms with Gasteiger partial charge in [-0.05, 0) is 35.7 Å². The zero-order chi connectivity index (χ0) is 17.1. The number of ether oxygens (including phenoxy) is 4. The first kappa shape index (κ1) is 18.7. The van der Waals surface area contributed by atoms with Crippen LogP contribution in [0.2, 0.25) is 0 Å². The van der Waals surface area contributed by atoms with E-state index in [2.05, 4.69) is 4.98 Å². The summed E-state index contributed by atoms with van der Waals surface area (Å²) in [5.74, 6) is 2.64. The zero-order valence-electron chi connectivity index (χ0n) is 14.5. The summed E-state index contributed by atoms with van der Waals surface area (Å²) in [6.45, 7) is 0. The highest BCUT2D eigenvalue weighted by atomic mass is 35.5. The molecule has 132 valence electrons. The van der Waals surface area contributed by atoms with Crippen molar-refractivity contribution >= 4 is 23.2 Å². The quantitative estimate of drug-likeness (QED) is 0.675. The van der Waals surface area contributed by atoms with Gasteiger partial charge in [0.25, 0.3) is 0 Å². The van der Waals surface area contributed by atoms with Gasteiger partial charge in [-0.2, -0.15) is 0 Å². The van der Waals surface area contributed by atoms with Gasteiger partial charge in [0, 0.05) is 17.1 Å². The first-order valence-electron chi connectivity index (χ1n) is 7.45. The fraction of sp³-hybridized carbons (Fsp3) is 0.211. The average molecular weight is 362 g/mol. The second-order valence-electron chi connectivity index (χ2n) is 5.13. The van der Waals surface area contributed by atoms with Gasteiger partial charge in [0.05, 0.1) is 34.1 Å². The summed E-state index contributed by atoms with van der Waals surface area (Å²) in [5.41, 5.74) is 1.65. The van der Waals surface area contributed by atoms with Crippen molar-refractivity contribution in [1.29, 1.82) is 0 Å². The standard InChI is InChI=1S/C19H19NO4.ClH/c1-21-15-7-5-6-13(19(15)24-4)18-14-11-17(23-3)16(22-2)10-12(14)8-9-20-18;/h5-11H,1-4H3;1H. The molecule has 0 unspecified atom stereocenters. The fourth-order valence-electron chi connectivity index (χ4n) is 2.79. The van der Waals surface area contributed by atoms with Crippen LogP contribution in [-0.4, -0.2) is 33.4 Å². The van der Waals surface area contributed by atoms with E-state index in [1.165, 1.54) is 0 Å². The summed E-state index contributed by atoms with van der Waals surface area (Å²) in [6.07, 6.45) is 1.77. The molecule has 3 aromatic rings. The molecule has 0 atom stereocenters. The number of fused-ring (bicyclic) bond motifs is 1. The predicted molar refractivity (Wildman–Crippen MR) is 101 cm³/mol. The Morgan fingerprint density at radius 1 is 0.760 bits per heavy atom. The number of hydrogen-bond donors (Lipinski definition) is 0. The number of benzene rings is 2. The number of rotatable bonds is 5. The van der Waals surface area contributed by atoms with Crippen LogP contribution in [-0.2, 0) is 0 Å². The molecule has 1 aromatic heterocycles. The van der Waals surface area contributed by atoms with Gasteiger partial charge in [-0.15, -0.1) is 12.4 Å². The lowest BCUT2D eigenvalue weighted by molar-refractivity contribution is 0.355. The van der Waals surface area contributed by atoms with Crippen molar-refractivity contribution in [3.05, 3.63) is 42.6 Å². The third-order valence-corrected chi connectivity index (χ3v) is 3.93. The van der Waals surface area contributed by atoms with Gasteiger partial charge in [0.1, 0.15) is 0 Å². The third kappa shape index (κ3) is 3.28. The Labute approximate surface area is 152 Å². The van der Waals surface area contributed by atoms with Gasteiger partial charge in [0.2, 0.25) is 0 Å². The van der Waals surface area contributed by atoms with Crippen molar-refractivity contribution in [2.75, 3.05) is 28.4 Å². The third-order valence-electron chi connectivity index (χ3n) is 3.93. The van der Waals surface area contributed by atoms with E-state index in [9.17, 15) is 0 Å². The fourth-order valence-corrected chi connectivity index (χ4v) is 2.79. The smallest absolute Gasteiger partial charge is 0.170 e. The second-order valence-corrected chi connectivity index (χ2v) is 5.13. The van der Waals surface area contributed by atoms with Crippen LogP contribution < -0.4 is 18.9 Å². The Morgan fingerprint density at radius 3 is 2.08 bits per heavy atom. The molecular weight excluding hydrogens is 342 g/mol. The van der Waals surface area contributed by atoms with E-state index in [4.69, 9.17) is 18.9 Å². The Kier molecular flexibility index (Phi) is 5.93. The number of pyridine rings is 1. The van der Waals surface area contributed by atoms with Crippen molar-refractivity contribution in [1.82, 2.24) is 4.98 Å². The van der Waals surface area contributed by atoms with E-state index in [-0.39, 0.29) is 12.4 Å². The molecule has 0 amide bonds. The minimum atomic E-state index is 0. The van der Waals surface area contributed by atoms with Crippen molar-refractivity contribution in [2.24, 2.45) is 0 Å². The lowest BCUT2D eigenvalue weighted by Gasteiger charge is -2.15. The number of nitrogens with zero attached hydrogens (tertiary/aromatic N) is 1. The Balaban J connectivity index is 0.00000225. The lowest BCUT2D eigenvalue weighted by Crippen LogP contribution is -1.96. The molecule has 2 aromatic carbocycles. The van der Waals surface area contributed by atoms with Crippen LogP contribution in [0, 0.1) is 0 Å². The normalized spacial score (nSPS) is 10.1. The molecule has 0 aliphatic rings. The summed E-state index contributed by atoms with van der Waals surface area (Å²) in [4.78, 5) is 4.56. The van der Waals surface area contributed by atoms with E-state index in [1.54, 1.807) is 34.6 Å². The van der Waals surface area contributed by atoms with Gasteiger partial charge in [0.15, 0.2) is 23.0 Å². The van der Waals surface area contributed by atoms with Gasteiger partial charge in [-0.3, -0.25) is 4.98 Å². The van der Waals surface area contributed by atoms with Gasteiger partial charge in [-0.1, -0.05) is 6.07 Å². The minimum Gasteiger partial charge on any atom is -0.493 e. The maximum absolute atomic E-state index is 5.55. The maximum atomic E-state index is 5.55. The zero-order valence-corrected chi connectivity index (χ0v) is 15.3. The Morgan fingerprint density at radius 2 is 1.44 bits per heavy atom. The molecule has 25 heavy (non-hydrogen) atoms. The predicted octanol–water partition coefficient (Wildman–Crippen LogP) is 4.36. The van der Waals surface area contributed by atoms with Crippen molar-refractivity contribution in [2.45, 2.75) is 0 Å². The van der Waals surface area contributed by atoms with E-state index in [1.807, 2.05) is 36.4 Å². The van der Waals surface area contributed by atoms with Crippen molar-refractivity contribution in [3.8, 4) is 34.3 Å². The largest absolute Gasteiger partial charge is 0.493 e.